The van der Waals surface area contributed by atoms with E-state index in [-0.39, 0.29) is 18.1 Å². The quantitative estimate of drug-likeness (QED) is 0.260. The predicted octanol–water partition coefficient (Wildman–Crippen LogP) is -1.52. The van der Waals surface area contributed by atoms with Gasteiger partial charge in [0.2, 0.25) is 17.7 Å². The van der Waals surface area contributed by atoms with Crippen molar-refractivity contribution in [3.05, 3.63) is 0 Å². The Labute approximate surface area is 146 Å². The maximum absolute atomic E-state index is 11.9. The minimum atomic E-state index is -1.14. The predicted molar refractivity (Wildman–Crippen MR) is 91.5 cm³/mol. The number of carboxylic acids is 1. The number of carbonyl (C=O) groups is 4. The molecule has 0 fully saturated rings. The van der Waals surface area contributed by atoms with Crippen LogP contribution in [0.3, 0.4) is 0 Å². The van der Waals surface area contributed by atoms with Crippen LogP contribution < -0.4 is 21.7 Å². The minimum absolute atomic E-state index is 0.0248. The zero-order valence-electron chi connectivity index (χ0n) is 14.0. The highest BCUT2D eigenvalue weighted by atomic mass is 32.1. The van der Waals surface area contributed by atoms with Gasteiger partial charge in [0.05, 0.1) is 12.6 Å². The largest absolute Gasteiger partial charge is 0.480 e. The molecule has 0 bridgehead atoms. The van der Waals surface area contributed by atoms with Gasteiger partial charge in [-0.05, 0) is 19.3 Å². The van der Waals surface area contributed by atoms with Crippen LogP contribution in [-0.4, -0.2) is 59.2 Å². The summed E-state index contributed by atoms with van der Waals surface area (Å²) in [5.74, 6) is -2.78. The van der Waals surface area contributed by atoms with Crippen LogP contribution in [0.4, 0.5) is 0 Å². The van der Waals surface area contributed by atoms with Crippen LogP contribution in [0.15, 0.2) is 0 Å². The maximum atomic E-state index is 11.9. The molecule has 24 heavy (non-hydrogen) atoms. The van der Waals surface area contributed by atoms with Crippen LogP contribution in [-0.2, 0) is 19.2 Å². The van der Waals surface area contributed by atoms with Gasteiger partial charge in [-0.2, -0.15) is 12.6 Å². The molecule has 6 N–H and O–H groups in total. The number of carboxylic acid groups (broad SMARTS) is 1. The summed E-state index contributed by atoms with van der Waals surface area (Å²) < 4.78 is 0. The third-order valence-electron chi connectivity index (χ3n) is 2.99. The van der Waals surface area contributed by atoms with Gasteiger partial charge < -0.3 is 26.8 Å². The van der Waals surface area contributed by atoms with Gasteiger partial charge in [0.15, 0.2) is 0 Å². The fraction of sp³-hybridized carbons (Fsp3) is 0.714. The lowest BCUT2D eigenvalue weighted by molar-refractivity contribution is -0.142. The Morgan fingerprint density at radius 3 is 2.04 bits per heavy atom. The molecule has 0 rings (SSSR count). The summed E-state index contributed by atoms with van der Waals surface area (Å²) in [6.45, 7) is 4.74. The second kappa shape index (κ2) is 10.9. The van der Waals surface area contributed by atoms with E-state index in [2.05, 4.69) is 28.6 Å². The number of thiol groups is 1. The van der Waals surface area contributed by atoms with E-state index in [1.54, 1.807) is 0 Å². The first kappa shape index (κ1) is 22.2. The molecule has 0 aliphatic heterocycles. The van der Waals surface area contributed by atoms with Crippen molar-refractivity contribution in [3.63, 3.8) is 0 Å². The highest BCUT2D eigenvalue weighted by molar-refractivity contribution is 7.80. The summed E-state index contributed by atoms with van der Waals surface area (Å²) in [5.41, 5.74) is 5.40. The number of aliphatic carboxylic acids is 1. The minimum Gasteiger partial charge on any atom is -0.480 e. The lowest BCUT2D eigenvalue weighted by Crippen LogP contribution is -2.53. The Balaban J connectivity index is 4.48. The lowest BCUT2D eigenvalue weighted by Gasteiger charge is -2.19. The number of amides is 3. The third-order valence-corrected chi connectivity index (χ3v) is 3.36. The zero-order chi connectivity index (χ0) is 18.9. The van der Waals surface area contributed by atoms with Gasteiger partial charge in [0.1, 0.15) is 12.1 Å². The topological polar surface area (TPSA) is 151 Å². The summed E-state index contributed by atoms with van der Waals surface area (Å²) in [6.07, 6.45) is 0.277. The van der Waals surface area contributed by atoms with Crippen molar-refractivity contribution < 1.29 is 24.3 Å². The van der Waals surface area contributed by atoms with Crippen molar-refractivity contribution in [3.8, 4) is 0 Å². The van der Waals surface area contributed by atoms with Crippen LogP contribution in [0.1, 0.15) is 27.2 Å². The molecule has 0 saturated carbocycles. The molecule has 9 nitrogen and oxygen atoms in total. The normalized spacial score (nSPS) is 14.4. The number of hydrogen-bond donors (Lipinski definition) is 6. The van der Waals surface area contributed by atoms with Crippen molar-refractivity contribution in [2.45, 2.75) is 45.3 Å². The SMILES string of the molecule is CC(C)CC(NC(=O)CNC(=O)C(CS)NC(=O)C(C)N)C(=O)O. The van der Waals surface area contributed by atoms with Crippen molar-refractivity contribution in [2.24, 2.45) is 11.7 Å². The third kappa shape index (κ3) is 8.73. The monoisotopic (exact) mass is 362 g/mol. The highest BCUT2D eigenvalue weighted by Gasteiger charge is 2.23. The number of nitrogens with one attached hydrogen (secondary N) is 3. The average Bonchev–Trinajstić information content (AvgIpc) is 2.48. The van der Waals surface area contributed by atoms with E-state index in [4.69, 9.17) is 10.8 Å². The number of nitrogens with two attached hydrogens (primary N) is 1. The summed E-state index contributed by atoms with van der Waals surface area (Å²) in [5, 5.41) is 16.1. The summed E-state index contributed by atoms with van der Waals surface area (Å²) >= 11 is 3.97. The van der Waals surface area contributed by atoms with Gasteiger partial charge in [-0.1, -0.05) is 13.8 Å². The molecule has 0 radical (unpaired) electrons. The summed E-state index contributed by atoms with van der Waals surface area (Å²) in [7, 11) is 0. The molecule has 0 spiro atoms. The molecule has 0 heterocycles. The molecule has 0 saturated heterocycles. The van der Waals surface area contributed by atoms with Crippen LogP contribution in [0.5, 0.6) is 0 Å². The van der Waals surface area contributed by atoms with Crippen molar-refractivity contribution in [1.82, 2.24) is 16.0 Å². The molecular weight excluding hydrogens is 336 g/mol. The van der Waals surface area contributed by atoms with E-state index in [0.29, 0.717) is 0 Å². The Hall–Kier alpha value is -1.81. The fourth-order valence-electron chi connectivity index (χ4n) is 1.73. The Morgan fingerprint density at radius 1 is 1.04 bits per heavy atom. The van der Waals surface area contributed by atoms with Gasteiger partial charge in [0, 0.05) is 5.75 Å². The van der Waals surface area contributed by atoms with Crippen LogP contribution in [0.2, 0.25) is 0 Å². The van der Waals surface area contributed by atoms with Gasteiger partial charge in [-0.25, -0.2) is 4.79 Å². The van der Waals surface area contributed by atoms with Gasteiger partial charge in [0.25, 0.3) is 0 Å². The van der Waals surface area contributed by atoms with Crippen molar-refractivity contribution in [1.29, 1.82) is 0 Å². The van der Waals surface area contributed by atoms with E-state index in [9.17, 15) is 19.2 Å². The molecule has 0 aromatic carbocycles. The molecule has 3 unspecified atom stereocenters. The smallest absolute Gasteiger partial charge is 0.326 e. The van der Waals surface area contributed by atoms with E-state index < -0.39 is 48.4 Å². The molecule has 0 aliphatic carbocycles. The van der Waals surface area contributed by atoms with E-state index in [0.717, 1.165) is 0 Å². The first-order valence-electron chi connectivity index (χ1n) is 7.55. The first-order valence-corrected chi connectivity index (χ1v) is 8.18. The molecule has 10 heteroatoms. The summed E-state index contributed by atoms with van der Waals surface area (Å²) in [6, 6.07) is -2.74. The Kier molecular flexibility index (Phi) is 10.0. The van der Waals surface area contributed by atoms with Crippen molar-refractivity contribution >= 4 is 36.3 Å². The fourth-order valence-corrected chi connectivity index (χ4v) is 1.98. The number of rotatable bonds is 10. The zero-order valence-corrected chi connectivity index (χ0v) is 14.9. The van der Waals surface area contributed by atoms with Gasteiger partial charge >= 0.3 is 5.97 Å². The van der Waals surface area contributed by atoms with Crippen molar-refractivity contribution in [2.75, 3.05) is 12.3 Å². The standard InChI is InChI=1S/C14H26N4O5S/c1-7(2)4-9(14(22)23)17-11(19)5-16-13(21)10(6-24)18-12(20)8(3)15/h7-10,24H,4-6,15H2,1-3H3,(H,16,21)(H,17,19)(H,18,20)(H,22,23). The first-order chi connectivity index (χ1) is 11.1. The average molecular weight is 362 g/mol. The van der Waals surface area contributed by atoms with Gasteiger partial charge in [-0.3, -0.25) is 14.4 Å². The molecule has 0 aliphatic rings. The maximum Gasteiger partial charge on any atom is 0.326 e. The second-order valence-electron chi connectivity index (χ2n) is 5.84. The van der Waals surface area contributed by atoms with Crippen LogP contribution in [0, 0.1) is 5.92 Å². The van der Waals surface area contributed by atoms with Gasteiger partial charge in [-0.15, -0.1) is 0 Å². The van der Waals surface area contributed by atoms with E-state index >= 15 is 0 Å². The molecule has 0 aromatic heterocycles. The lowest BCUT2D eigenvalue weighted by atomic mass is 10.0. The molecule has 0 aromatic rings. The Morgan fingerprint density at radius 2 is 1.62 bits per heavy atom. The molecule has 138 valence electrons. The van der Waals surface area contributed by atoms with Crippen LogP contribution in [0.25, 0.3) is 0 Å². The summed E-state index contributed by atoms with van der Waals surface area (Å²) in [4.78, 5) is 46.3. The second-order valence-corrected chi connectivity index (χ2v) is 6.20. The van der Waals surface area contributed by atoms with E-state index in [1.165, 1.54) is 6.92 Å². The highest BCUT2D eigenvalue weighted by Crippen LogP contribution is 2.04. The van der Waals surface area contributed by atoms with Crippen LogP contribution >= 0.6 is 12.6 Å². The van der Waals surface area contributed by atoms with E-state index in [1.807, 2.05) is 13.8 Å². The molecule has 3 atom stereocenters. The Bertz CT molecular complexity index is 470. The number of carbonyl (C=O) groups excluding carboxylic acids is 3. The molecule has 3 amide bonds. The molecular formula is C14H26N4O5S. The number of hydrogen-bond acceptors (Lipinski definition) is 6.